The number of pyridine rings is 1. The zero-order valence-electron chi connectivity index (χ0n) is 13.1. The van der Waals surface area contributed by atoms with Gasteiger partial charge in [-0.25, -0.2) is 9.67 Å². The second-order valence-electron chi connectivity index (χ2n) is 6.42. The van der Waals surface area contributed by atoms with E-state index in [0.717, 1.165) is 16.7 Å². The molecule has 0 spiro atoms. The van der Waals surface area contributed by atoms with Gasteiger partial charge >= 0.3 is 0 Å². The van der Waals surface area contributed by atoms with E-state index in [-0.39, 0.29) is 18.0 Å². The number of hydrogen-bond acceptors (Lipinski definition) is 3. The number of hydrogen-bond donors (Lipinski definition) is 1. The van der Waals surface area contributed by atoms with Crippen LogP contribution in [0, 0.1) is 0 Å². The van der Waals surface area contributed by atoms with Crippen molar-refractivity contribution >= 4 is 16.9 Å². The van der Waals surface area contributed by atoms with Crippen molar-refractivity contribution in [3.05, 3.63) is 23.5 Å². The molecule has 0 atom stereocenters. The maximum Gasteiger partial charge on any atom is 0.252 e. The Kier molecular flexibility index (Phi) is 3.43. The van der Waals surface area contributed by atoms with Crippen molar-refractivity contribution in [3.8, 4) is 0 Å². The highest BCUT2D eigenvalue weighted by molar-refractivity contribution is 6.05. The molecule has 1 aliphatic rings. The van der Waals surface area contributed by atoms with Gasteiger partial charge in [-0.15, -0.1) is 0 Å². The average Bonchev–Trinajstić information content (AvgIpc) is 3.16. The number of fused-ring (bicyclic) bond motifs is 1. The van der Waals surface area contributed by atoms with Gasteiger partial charge in [0.05, 0.1) is 17.1 Å². The van der Waals surface area contributed by atoms with Crippen molar-refractivity contribution in [2.75, 3.05) is 0 Å². The van der Waals surface area contributed by atoms with Gasteiger partial charge in [0, 0.05) is 23.7 Å². The summed E-state index contributed by atoms with van der Waals surface area (Å²) in [5.41, 5.74) is 2.55. The fourth-order valence-corrected chi connectivity index (χ4v) is 2.53. The van der Waals surface area contributed by atoms with Crippen molar-refractivity contribution in [2.45, 2.75) is 58.5 Å². The average molecular weight is 286 g/mol. The molecule has 1 amide bonds. The van der Waals surface area contributed by atoms with Gasteiger partial charge in [-0.1, -0.05) is 0 Å². The fourth-order valence-electron chi connectivity index (χ4n) is 2.53. The molecule has 2 aromatic heterocycles. The van der Waals surface area contributed by atoms with Crippen LogP contribution in [0.4, 0.5) is 0 Å². The molecular weight excluding hydrogens is 264 g/mol. The summed E-state index contributed by atoms with van der Waals surface area (Å²) in [7, 11) is 0. The molecule has 112 valence electrons. The molecule has 2 heterocycles. The van der Waals surface area contributed by atoms with Gasteiger partial charge in [0.15, 0.2) is 5.65 Å². The molecule has 1 aliphatic carbocycles. The van der Waals surface area contributed by atoms with Crippen LogP contribution in [0.5, 0.6) is 0 Å². The Hall–Kier alpha value is -1.91. The first-order chi connectivity index (χ1) is 9.97. The summed E-state index contributed by atoms with van der Waals surface area (Å²) in [5, 5.41) is 8.22. The minimum absolute atomic E-state index is 0.0393. The standard InChI is InChI=1S/C16H22N4O/c1-9(2)18-16(21)12-7-14(11-5-6-11)19-15-13(12)8-17-20(15)10(3)4/h7-11H,5-6H2,1-4H3,(H,18,21). The number of amides is 1. The molecule has 0 radical (unpaired) electrons. The van der Waals surface area contributed by atoms with Crippen LogP contribution in [0.1, 0.15) is 68.5 Å². The summed E-state index contributed by atoms with van der Waals surface area (Å²) in [5.74, 6) is 0.470. The third-order valence-electron chi connectivity index (χ3n) is 3.74. The van der Waals surface area contributed by atoms with Crippen LogP contribution in [-0.2, 0) is 0 Å². The lowest BCUT2D eigenvalue weighted by molar-refractivity contribution is 0.0944. The monoisotopic (exact) mass is 286 g/mol. The molecule has 1 N–H and O–H groups in total. The number of nitrogens with zero attached hydrogens (tertiary/aromatic N) is 3. The zero-order chi connectivity index (χ0) is 15.1. The molecule has 21 heavy (non-hydrogen) atoms. The number of carbonyl (C=O) groups excluding carboxylic acids is 1. The molecule has 0 saturated heterocycles. The van der Waals surface area contributed by atoms with Gasteiger partial charge in [-0.05, 0) is 46.6 Å². The van der Waals surface area contributed by atoms with E-state index >= 15 is 0 Å². The fraction of sp³-hybridized carbons (Fsp3) is 0.562. The van der Waals surface area contributed by atoms with Crippen LogP contribution < -0.4 is 5.32 Å². The number of aromatic nitrogens is 3. The Bertz CT molecular complexity index is 683. The zero-order valence-corrected chi connectivity index (χ0v) is 13.1. The highest BCUT2D eigenvalue weighted by Gasteiger charge is 2.28. The van der Waals surface area contributed by atoms with Crippen LogP contribution in [-0.4, -0.2) is 26.7 Å². The van der Waals surface area contributed by atoms with Gasteiger partial charge in [-0.2, -0.15) is 5.10 Å². The van der Waals surface area contributed by atoms with E-state index in [0.29, 0.717) is 11.5 Å². The first-order valence-electron chi connectivity index (χ1n) is 7.66. The SMILES string of the molecule is CC(C)NC(=O)c1cc(C2CC2)nc2c1cnn2C(C)C. The van der Waals surface area contributed by atoms with E-state index in [1.807, 2.05) is 24.6 Å². The van der Waals surface area contributed by atoms with E-state index in [1.165, 1.54) is 12.8 Å². The van der Waals surface area contributed by atoms with Crippen LogP contribution in [0.3, 0.4) is 0 Å². The molecule has 0 bridgehead atoms. The van der Waals surface area contributed by atoms with Gasteiger partial charge in [-0.3, -0.25) is 4.79 Å². The maximum absolute atomic E-state index is 12.5. The molecule has 5 nitrogen and oxygen atoms in total. The predicted octanol–water partition coefficient (Wildman–Crippen LogP) is 3.03. The summed E-state index contributed by atoms with van der Waals surface area (Å²) in [6.07, 6.45) is 4.09. The minimum Gasteiger partial charge on any atom is -0.350 e. The van der Waals surface area contributed by atoms with Crippen molar-refractivity contribution in [2.24, 2.45) is 0 Å². The smallest absolute Gasteiger partial charge is 0.252 e. The lowest BCUT2D eigenvalue weighted by atomic mass is 10.1. The summed E-state index contributed by atoms with van der Waals surface area (Å²) in [4.78, 5) is 17.2. The predicted molar refractivity (Wildman–Crippen MR) is 82.5 cm³/mol. The van der Waals surface area contributed by atoms with Crippen LogP contribution in [0.15, 0.2) is 12.3 Å². The Labute approximate surface area is 124 Å². The van der Waals surface area contributed by atoms with Gasteiger partial charge in [0.1, 0.15) is 0 Å². The second-order valence-corrected chi connectivity index (χ2v) is 6.42. The third-order valence-corrected chi connectivity index (χ3v) is 3.74. The van der Waals surface area contributed by atoms with E-state index in [2.05, 4.69) is 24.3 Å². The lowest BCUT2D eigenvalue weighted by Gasteiger charge is -2.12. The third kappa shape index (κ3) is 2.64. The molecule has 0 unspecified atom stereocenters. The van der Waals surface area contributed by atoms with Gasteiger partial charge < -0.3 is 5.32 Å². The van der Waals surface area contributed by atoms with Crippen LogP contribution in [0.25, 0.3) is 11.0 Å². The summed E-state index contributed by atoms with van der Waals surface area (Å²) < 4.78 is 1.90. The summed E-state index contributed by atoms with van der Waals surface area (Å²) in [6, 6.07) is 2.29. The maximum atomic E-state index is 12.5. The van der Waals surface area contributed by atoms with Gasteiger partial charge in [0.2, 0.25) is 0 Å². The second kappa shape index (κ2) is 5.13. The van der Waals surface area contributed by atoms with E-state index in [4.69, 9.17) is 4.98 Å². The molecule has 0 aliphatic heterocycles. The molecule has 3 rings (SSSR count). The van der Waals surface area contributed by atoms with Crippen molar-refractivity contribution in [3.63, 3.8) is 0 Å². The van der Waals surface area contributed by atoms with E-state index in [1.54, 1.807) is 6.20 Å². The summed E-state index contributed by atoms with van der Waals surface area (Å²) in [6.45, 7) is 8.09. The molecular formula is C16H22N4O. The largest absolute Gasteiger partial charge is 0.350 e. The van der Waals surface area contributed by atoms with E-state index < -0.39 is 0 Å². The number of nitrogens with one attached hydrogen (secondary N) is 1. The highest BCUT2D eigenvalue weighted by Crippen LogP contribution is 2.40. The van der Waals surface area contributed by atoms with Crippen LogP contribution in [0.2, 0.25) is 0 Å². The van der Waals surface area contributed by atoms with E-state index in [9.17, 15) is 4.79 Å². The van der Waals surface area contributed by atoms with Crippen LogP contribution >= 0.6 is 0 Å². The Balaban J connectivity index is 2.15. The van der Waals surface area contributed by atoms with Crippen molar-refractivity contribution < 1.29 is 4.79 Å². The minimum atomic E-state index is -0.0393. The Morgan fingerprint density at radius 3 is 2.62 bits per heavy atom. The molecule has 0 aromatic carbocycles. The highest BCUT2D eigenvalue weighted by atomic mass is 16.1. The molecule has 2 aromatic rings. The quantitative estimate of drug-likeness (QED) is 0.939. The molecule has 1 saturated carbocycles. The van der Waals surface area contributed by atoms with Gasteiger partial charge in [0.25, 0.3) is 5.91 Å². The number of rotatable bonds is 4. The first-order valence-corrected chi connectivity index (χ1v) is 7.66. The molecule has 1 fully saturated rings. The Morgan fingerprint density at radius 2 is 2.05 bits per heavy atom. The lowest BCUT2D eigenvalue weighted by Crippen LogP contribution is -2.30. The normalized spacial score (nSPS) is 15.1. The Morgan fingerprint density at radius 1 is 1.33 bits per heavy atom. The molecule has 5 heteroatoms. The van der Waals surface area contributed by atoms with Crippen molar-refractivity contribution in [1.82, 2.24) is 20.1 Å². The topological polar surface area (TPSA) is 59.8 Å². The number of carbonyl (C=O) groups is 1. The first kappa shape index (κ1) is 14.0. The van der Waals surface area contributed by atoms with Crippen molar-refractivity contribution in [1.29, 1.82) is 0 Å². The summed E-state index contributed by atoms with van der Waals surface area (Å²) >= 11 is 0.